The zero-order chi connectivity index (χ0) is 15.7. The molecular weight excluding hydrogens is 306 g/mol. The van der Waals surface area contributed by atoms with Gasteiger partial charge in [-0.1, -0.05) is 30.3 Å². The first kappa shape index (κ1) is 14.5. The fourth-order valence-electron chi connectivity index (χ4n) is 2.14. The molecule has 0 radical (unpaired) electrons. The van der Waals surface area contributed by atoms with Gasteiger partial charge < -0.3 is 0 Å². The van der Waals surface area contributed by atoms with Crippen LogP contribution in [-0.4, -0.2) is 20.7 Å². The third kappa shape index (κ3) is 2.92. The molecule has 0 saturated carbocycles. The smallest absolute Gasteiger partial charge is 0.258 e. The molecule has 1 aliphatic rings. The highest BCUT2D eigenvalue weighted by Crippen LogP contribution is 2.46. The Labute approximate surface area is 130 Å². The molecule has 0 spiro atoms. The van der Waals surface area contributed by atoms with Gasteiger partial charge in [-0.15, -0.1) is 0 Å². The van der Waals surface area contributed by atoms with E-state index < -0.39 is 9.85 Å². The van der Waals surface area contributed by atoms with Crippen LogP contribution in [0.2, 0.25) is 0 Å². The third-order valence-electron chi connectivity index (χ3n) is 3.32. The van der Waals surface area contributed by atoms with Gasteiger partial charge in [0.25, 0.3) is 11.4 Å². The van der Waals surface area contributed by atoms with Crippen molar-refractivity contribution in [2.24, 2.45) is 0 Å². The lowest BCUT2D eigenvalue weighted by molar-refractivity contribution is -0.396. The van der Waals surface area contributed by atoms with Crippen LogP contribution in [0, 0.1) is 20.2 Å². The fourth-order valence-corrected chi connectivity index (χ4v) is 3.21. The summed E-state index contributed by atoms with van der Waals surface area (Å²) in [4.78, 5) is 21.0. The van der Waals surface area contributed by atoms with Gasteiger partial charge in [0.05, 0.1) is 22.0 Å². The summed E-state index contributed by atoms with van der Waals surface area (Å²) in [6.07, 6.45) is 0. The Bertz CT molecular complexity index is 738. The molecule has 2 atom stereocenters. The van der Waals surface area contributed by atoms with Gasteiger partial charge in [0.15, 0.2) is 0 Å². The molecular formula is C14H11N3O4S. The van der Waals surface area contributed by atoms with Gasteiger partial charge in [-0.2, -0.15) is 0 Å². The second-order valence-corrected chi connectivity index (χ2v) is 5.88. The minimum Gasteiger partial charge on any atom is -0.258 e. The molecule has 8 heteroatoms. The van der Waals surface area contributed by atoms with E-state index >= 15 is 0 Å². The van der Waals surface area contributed by atoms with Crippen LogP contribution in [-0.2, 0) is 0 Å². The van der Waals surface area contributed by atoms with E-state index in [1.165, 1.54) is 24.1 Å². The Morgan fingerprint density at radius 2 is 1.77 bits per heavy atom. The maximum Gasteiger partial charge on any atom is 0.291 e. The van der Waals surface area contributed by atoms with Crippen LogP contribution in [0.4, 0.5) is 11.4 Å². The lowest BCUT2D eigenvalue weighted by atomic mass is 10.2. The molecule has 1 fully saturated rings. The molecule has 7 nitrogen and oxygen atoms in total. The summed E-state index contributed by atoms with van der Waals surface area (Å²) in [6, 6.07) is 13.8. The van der Waals surface area contributed by atoms with Gasteiger partial charge in [-0.05, 0) is 23.6 Å². The second-order valence-electron chi connectivity index (χ2n) is 4.78. The van der Waals surface area contributed by atoms with Crippen LogP contribution in [0.1, 0.15) is 11.6 Å². The van der Waals surface area contributed by atoms with E-state index in [0.717, 1.165) is 18.2 Å². The molecule has 1 aliphatic heterocycles. The summed E-state index contributed by atoms with van der Waals surface area (Å²) in [7, 11) is 0. The first-order chi connectivity index (χ1) is 10.6. The Balaban J connectivity index is 1.79. The topological polar surface area (TPSA) is 89.3 Å². The van der Waals surface area contributed by atoms with Crippen molar-refractivity contribution in [2.45, 2.75) is 10.9 Å². The number of nitrogens with zero attached hydrogens (tertiary/aromatic N) is 3. The standard InChI is InChI=1S/C14H11N3O4S/c18-16(19)11-6-7-14(12(8-11)17(20)21)22-15-9-13(15)10-4-2-1-3-5-10/h1-8,13H,9H2/t13-,15?/m0/s1. The van der Waals surface area contributed by atoms with Gasteiger partial charge in [0.2, 0.25) is 0 Å². The molecule has 1 saturated heterocycles. The lowest BCUT2D eigenvalue weighted by Crippen LogP contribution is -1.96. The third-order valence-corrected chi connectivity index (χ3v) is 4.50. The maximum atomic E-state index is 11.1. The molecule has 0 amide bonds. The van der Waals surface area contributed by atoms with Crippen LogP contribution < -0.4 is 0 Å². The van der Waals surface area contributed by atoms with E-state index in [1.807, 2.05) is 34.6 Å². The number of benzene rings is 2. The molecule has 3 rings (SSSR count). The van der Waals surface area contributed by atoms with Crippen molar-refractivity contribution in [3.63, 3.8) is 0 Å². The fraction of sp³-hybridized carbons (Fsp3) is 0.143. The summed E-state index contributed by atoms with van der Waals surface area (Å²) < 4.78 is 2.00. The zero-order valence-electron chi connectivity index (χ0n) is 11.3. The molecule has 2 aromatic rings. The van der Waals surface area contributed by atoms with Crippen molar-refractivity contribution in [2.75, 3.05) is 6.54 Å². The minimum atomic E-state index is -0.633. The van der Waals surface area contributed by atoms with Crippen molar-refractivity contribution in [3.8, 4) is 0 Å². The Hall–Kier alpha value is -2.45. The Morgan fingerprint density at radius 3 is 2.41 bits per heavy atom. The van der Waals surface area contributed by atoms with Crippen LogP contribution >= 0.6 is 11.9 Å². The predicted octanol–water partition coefficient (Wildman–Crippen LogP) is 3.57. The highest BCUT2D eigenvalue weighted by molar-refractivity contribution is 7.97. The summed E-state index contributed by atoms with van der Waals surface area (Å²) in [5.41, 5.74) is 0.638. The molecule has 0 N–H and O–H groups in total. The summed E-state index contributed by atoms with van der Waals surface area (Å²) in [5, 5.41) is 21.8. The number of nitro groups is 2. The van der Waals surface area contributed by atoms with E-state index in [0.29, 0.717) is 4.90 Å². The number of hydrogen-bond acceptors (Lipinski definition) is 6. The number of hydrogen-bond donors (Lipinski definition) is 0. The van der Waals surface area contributed by atoms with Crippen LogP contribution in [0.3, 0.4) is 0 Å². The average Bonchev–Trinajstić information content (AvgIpc) is 3.27. The van der Waals surface area contributed by atoms with Crippen molar-refractivity contribution in [3.05, 3.63) is 74.3 Å². The Kier molecular flexibility index (Phi) is 3.78. The highest BCUT2D eigenvalue weighted by atomic mass is 32.2. The maximum absolute atomic E-state index is 11.1. The van der Waals surface area contributed by atoms with Crippen LogP contribution in [0.5, 0.6) is 0 Å². The number of non-ortho nitro benzene ring substituents is 1. The molecule has 1 heterocycles. The first-order valence-corrected chi connectivity index (χ1v) is 7.26. The molecule has 1 unspecified atom stereocenters. The predicted molar refractivity (Wildman–Crippen MR) is 81.5 cm³/mol. The molecule has 0 aromatic heterocycles. The van der Waals surface area contributed by atoms with Crippen molar-refractivity contribution in [1.82, 2.24) is 4.31 Å². The zero-order valence-corrected chi connectivity index (χ0v) is 12.1. The monoisotopic (exact) mass is 317 g/mol. The molecule has 0 aliphatic carbocycles. The van der Waals surface area contributed by atoms with Crippen molar-refractivity contribution < 1.29 is 9.85 Å². The second kappa shape index (κ2) is 5.74. The summed E-state index contributed by atoms with van der Waals surface area (Å²) >= 11 is 1.26. The SMILES string of the molecule is O=[N+]([O-])c1ccc(SN2C[C@H]2c2ccccc2)c([N+](=O)[O-])c1. The van der Waals surface area contributed by atoms with E-state index in [9.17, 15) is 20.2 Å². The summed E-state index contributed by atoms with van der Waals surface area (Å²) in [6.45, 7) is 0.794. The number of rotatable bonds is 5. The molecule has 112 valence electrons. The van der Waals surface area contributed by atoms with E-state index in [4.69, 9.17) is 0 Å². The lowest BCUT2D eigenvalue weighted by Gasteiger charge is -2.04. The van der Waals surface area contributed by atoms with E-state index in [-0.39, 0.29) is 17.4 Å². The normalized spacial score (nSPS) is 19.6. The average molecular weight is 317 g/mol. The van der Waals surface area contributed by atoms with Gasteiger partial charge in [0.1, 0.15) is 4.90 Å². The van der Waals surface area contributed by atoms with Gasteiger partial charge >= 0.3 is 0 Å². The number of nitro benzene ring substituents is 2. The van der Waals surface area contributed by atoms with Crippen molar-refractivity contribution in [1.29, 1.82) is 0 Å². The molecule has 22 heavy (non-hydrogen) atoms. The van der Waals surface area contributed by atoms with Crippen molar-refractivity contribution >= 4 is 23.3 Å². The van der Waals surface area contributed by atoms with Gasteiger partial charge in [0, 0.05) is 12.6 Å². The highest BCUT2D eigenvalue weighted by Gasteiger charge is 2.38. The Morgan fingerprint density at radius 1 is 1.05 bits per heavy atom. The molecule has 2 aromatic carbocycles. The molecule has 0 bridgehead atoms. The largest absolute Gasteiger partial charge is 0.291 e. The van der Waals surface area contributed by atoms with Crippen LogP contribution in [0.15, 0.2) is 53.4 Å². The minimum absolute atomic E-state index is 0.223. The summed E-state index contributed by atoms with van der Waals surface area (Å²) in [5.74, 6) is 0. The van der Waals surface area contributed by atoms with Gasteiger partial charge in [-0.25, -0.2) is 4.31 Å². The van der Waals surface area contributed by atoms with E-state index in [1.54, 1.807) is 0 Å². The van der Waals surface area contributed by atoms with Gasteiger partial charge in [-0.3, -0.25) is 20.2 Å². The quantitative estimate of drug-likeness (QED) is 0.362. The van der Waals surface area contributed by atoms with E-state index in [2.05, 4.69) is 0 Å². The first-order valence-electron chi connectivity index (χ1n) is 6.48. The van der Waals surface area contributed by atoms with Crippen LogP contribution in [0.25, 0.3) is 0 Å².